The van der Waals surface area contributed by atoms with Crippen LogP contribution >= 0.6 is 15.9 Å². The summed E-state index contributed by atoms with van der Waals surface area (Å²) in [6, 6.07) is 0. The first-order valence-electron chi connectivity index (χ1n) is 4.45. The molecule has 0 radical (unpaired) electrons. The lowest BCUT2D eigenvalue weighted by molar-refractivity contribution is 0.472. The van der Waals surface area contributed by atoms with E-state index in [4.69, 9.17) is 0 Å². The van der Waals surface area contributed by atoms with Crippen LogP contribution in [-0.2, 0) is 9.84 Å². The van der Waals surface area contributed by atoms with Gasteiger partial charge in [0.25, 0.3) is 0 Å². The highest BCUT2D eigenvalue weighted by atomic mass is 79.9. The lowest BCUT2D eigenvalue weighted by Gasteiger charge is -2.21. The van der Waals surface area contributed by atoms with Gasteiger partial charge in [-0.1, -0.05) is 43.6 Å². The van der Waals surface area contributed by atoms with E-state index in [1.807, 2.05) is 27.7 Å². The Morgan fingerprint density at radius 1 is 1.31 bits per heavy atom. The maximum atomic E-state index is 11.6. The molecular weight excluding hydrogens is 252 g/mol. The Kier molecular flexibility index (Phi) is 4.94. The van der Waals surface area contributed by atoms with Gasteiger partial charge in [0, 0.05) is 5.33 Å². The number of hydrogen-bond donors (Lipinski definition) is 0. The molecule has 0 unspecified atom stereocenters. The first kappa shape index (κ1) is 13.4. The molecule has 0 aliphatic rings. The van der Waals surface area contributed by atoms with E-state index in [2.05, 4.69) is 15.9 Å². The van der Waals surface area contributed by atoms with Gasteiger partial charge in [0.1, 0.15) is 0 Å². The van der Waals surface area contributed by atoms with Gasteiger partial charge < -0.3 is 0 Å². The lowest BCUT2D eigenvalue weighted by Crippen LogP contribution is -2.28. The lowest BCUT2D eigenvalue weighted by atomic mass is 10.0. The van der Waals surface area contributed by atoms with E-state index < -0.39 is 9.84 Å². The van der Waals surface area contributed by atoms with Gasteiger partial charge in [-0.25, -0.2) is 8.42 Å². The van der Waals surface area contributed by atoms with Gasteiger partial charge in [-0.2, -0.15) is 0 Å². The average Bonchev–Trinajstić information content (AvgIpc) is 1.81. The predicted octanol–water partition coefficient (Wildman–Crippen LogP) is 2.48. The van der Waals surface area contributed by atoms with Gasteiger partial charge in [0.2, 0.25) is 0 Å². The molecule has 13 heavy (non-hydrogen) atoms. The molecule has 0 amide bonds. The highest BCUT2D eigenvalue weighted by Gasteiger charge is 2.25. The van der Waals surface area contributed by atoms with Crippen molar-refractivity contribution in [3.8, 4) is 0 Å². The van der Waals surface area contributed by atoms with Crippen LogP contribution in [0.2, 0.25) is 0 Å². The van der Waals surface area contributed by atoms with Crippen LogP contribution in [0.5, 0.6) is 0 Å². The molecule has 0 fully saturated rings. The molecule has 0 spiro atoms. The molecular formula is C9H19BrO2S. The second kappa shape index (κ2) is 4.78. The third-order valence-electron chi connectivity index (χ3n) is 1.56. The molecule has 0 heterocycles. The second-order valence-electron chi connectivity index (χ2n) is 4.75. The van der Waals surface area contributed by atoms with Crippen LogP contribution in [0.4, 0.5) is 0 Å². The molecule has 0 aromatic heterocycles. The molecule has 4 heteroatoms. The zero-order chi connectivity index (χ0) is 10.7. The quantitative estimate of drug-likeness (QED) is 0.720. The minimum absolute atomic E-state index is 0.159. The van der Waals surface area contributed by atoms with Crippen LogP contribution in [0, 0.1) is 11.3 Å². The Balaban J connectivity index is 4.35. The molecule has 0 bridgehead atoms. The zero-order valence-corrected chi connectivity index (χ0v) is 11.2. The van der Waals surface area contributed by atoms with Gasteiger partial charge in [-0.05, 0) is 11.3 Å². The van der Waals surface area contributed by atoms with Gasteiger partial charge >= 0.3 is 0 Å². The first-order chi connectivity index (χ1) is 5.68. The molecule has 0 atom stereocenters. The number of hydrogen-bond acceptors (Lipinski definition) is 2. The molecule has 0 aliphatic heterocycles. The Morgan fingerprint density at radius 2 is 1.77 bits per heavy atom. The topological polar surface area (TPSA) is 34.1 Å². The van der Waals surface area contributed by atoms with Crippen LogP contribution in [0.15, 0.2) is 0 Å². The van der Waals surface area contributed by atoms with Crippen molar-refractivity contribution in [2.45, 2.75) is 27.7 Å². The summed E-state index contributed by atoms with van der Waals surface area (Å²) in [5, 5.41) is 0.720. The van der Waals surface area contributed by atoms with Gasteiger partial charge in [-0.15, -0.1) is 0 Å². The van der Waals surface area contributed by atoms with Crippen LogP contribution in [0.25, 0.3) is 0 Å². The maximum absolute atomic E-state index is 11.6. The summed E-state index contributed by atoms with van der Waals surface area (Å²) >= 11 is 3.33. The number of sulfone groups is 1. The second-order valence-corrected chi connectivity index (χ2v) is 7.42. The van der Waals surface area contributed by atoms with Crippen molar-refractivity contribution < 1.29 is 8.42 Å². The maximum Gasteiger partial charge on any atom is 0.151 e. The fourth-order valence-corrected chi connectivity index (χ4v) is 4.09. The molecule has 0 rings (SSSR count). The third kappa shape index (κ3) is 6.49. The van der Waals surface area contributed by atoms with Crippen molar-refractivity contribution in [1.82, 2.24) is 0 Å². The molecule has 0 aromatic rings. The summed E-state index contributed by atoms with van der Waals surface area (Å²) in [5.74, 6) is 0.781. The molecule has 0 saturated carbocycles. The Hall–Kier alpha value is 0.430. The smallest absolute Gasteiger partial charge is 0.151 e. The SMILES string of the molecule is CC(C)CS(=O)(=O)CC(C)(C)CBr. The van der Waals surface area contributed by atoms with E-state index in [0.717, 1.165) is 5.33 Å². The van der Waals surface area contributed by atoms with E-state index in [-0.39, 0.29) is 17.1 Å². The average molecular weight is 271 g/mol. The highest BCUT2D eigenvalue weighted by molar-refractivity contribution is 9.09. The van der Waals surface area contributed by atoms with Crippen molar-refractivity contribution in [3.63, 3.8) is 0 Å². The first-order valence-corrected chi connectivity index (χ1v) is 7.39. The predicted molar refractivity (Wildman–Crippen MR) is 61.1 cm³/mol. The fourth-order valence-electron chi connectivity index (χ4n) is 1.20. The third-order valence-corrected chi connectivity index (χ3v) is 5.47. The summed E-state index contributed by atoms with van der Waals surface area (Å²) in [7, 11) is -2.88. The molecule has 0 saturated heterocycles. The van der Waals surface area contributed by atoms with Crippen molar-refractivity contribution in [1.29, 1.82) is 0 Å². The van der Waals surface area contributed by atoms with Crippen molar-refractivity contribution >= 4 is 25.8 Å². The van der Waals surface area contributed by atoms with E-state index in [1.54, 1.807) is 0 Å². The van der Waals surface area contributed by atoms with E-state index in [1.165, 1.54) is 0 Å². The number of alkyl halides is 1. The standard InChI is InChI=1S/C9H19BrO2S/c1-8(2)5-13(11,12)7-9(3,4)6-10/h8H,5-7H2,1-4H3. The largest absolute Gasteiger partial charge is 0.229 e. The number of rotatable bonds is 5. The summed E-state index contributed by atoms with van der Waals surface area (Å²) in [6.45, 7) is 7.77. The fraction of sp³-hybridized carbons (Fsp3) is 1.00. The molecule has 0 aliphatic carbocycles. The van der Waals surface area contributed by atoms with Crippen LogP contribution in [-0.4, -0.2) is 25.3 Å². The molecule has 80 valence electrons. The Morgan fingerprint density at radius 3 is 2.08 bits per heavy atom. The minimum Gasteiger partial charge on any atom is -0.229 e. The van der Waals surface area contributed by atoms with Gasteiger partial charge in [-0.3, -0.25) is 0 Å². The summed E-state index contributed by atoms with van der Waals surface area (Å²) in [4.78, 5) is 0. The Labute approximate surface area is 90.2 Å². The normalized spacial score (nSPS) is 13.7. The monoisotopic (exact) mass is 270 g/mol. The van der Waals surface area contributed by atoms with Crippen LogP contribution in [0.3, 0.4) is 0 Å². The van der Waals surface area contributed by atoms with Gasteiger partial charge in [0.15, 0.2) is 9.84 Å². The zero-order valence-electron chi connectivity index (χ0n) is 8.80. The Bertz CT molecular complexity index is 242. The van der Waals surface area contributed by atoms with Crippen LogP contribution < -0.4 is 0 Å². The summed E-state index contributed by atoms with van der Waals surface area (Å²) in [5.41, 5.74) is -0.159. The molecule has 2 nitrogen and oxygen atoms in total. The van der Waals surface area contributed by atoms with E-state index >= 15 is 0 Å². The van der Waals surface area contributed by atoms with Crippen LogP contribution in [0.1, 0.15) is 27.7 Å². The summed E-state index contributed by atoms with van der Waals surface area (Å²) < 4.78 is 23.2. The van der Waals surface area contributed by atoms with Crippen molar-refractivity contribution in [2.75, 3.05) is 16.8 Å². The van der Waals surface area contributed by atoms with Gasteiger partial charge in [0.05, 0.1) is 11.5 Å². The van der Waals surface area contributed by atoms with Crippen molar-refractivity contribution in [3.05, 3.63) is 0 Å². The molecule has 0 N–H and O–H groups in total. The van der Waals surface area contributed by atoms with Crippen molar-refractivity contribution in [2.24, 2.45) is 11.3 Å². The van der Waals surface area contributed by atoms with E-state index in [0.29, 0.717) is 5.75 Å². The number of halogens is 1. The highest BCUT2D eigenvalue weighted by Crippen LogP contribution is 2.21. The minimum atomic E-state index is -2.88. The van der Waals surface area contributed by atoms with E-state index in [9.17, 15) is 8.42 Å². The molecule has 0 aromatic carbocycles. The summed E-state index contributed by atoms with van der Waals surface area (Å²) in [6.07, 6.45) is 0.